The van der Waals surface area contributed by atoms with Crippen LogP contribution in [0.5, 0.6) is 0 Å². The molecule has 84 valence electrons. The molecular weight excluding hydrogens is 227 g/mol. The first-order valence-corrected chi connectivity index (χ1v) is 6.57. The summed E-state index contributed by atoms with van der Waals surface area (Å²) in [5.74, 6) is 1.34. The van der Waals surface area contributed by atoms with Crippen LogP contribution in [0.1, 0.15) is 5.56 Å². The average Bonchev–Trinajstić information content (AvgIpc) is 2.70. The minimum Gasteiger partial charge on any atom is -0.365 e. The van der Waals surface area contributed by atoms with Crippen LogP contribution in [0, 0.1) is 17.4 Å². The van der Waals surface area contributed by atoms with Crippen molar-refractivity contribution >= 4 is 16.1 Å². The van der Waals surface area contributed by atoms with Crippen molar-refractivity contribution in [3.63, 3.8) is 0 Å². The second-order valence-electron chi connectivity index (χ2n) is 3.37. The molecule has 1 aromatic heterocycles. The number of pyridine rings is 1. The normalized spacial score (nSPS) is 24.0. The van der Waals surface area contributed by atoms with Gasteiger partial charge in [0, 0.05) is 18.5 Å². The zero-order chi connectivity index (χ0) is 11.4. The first-order chi connectivity index (χ1) is 7.79. The highest BCUT2D eigenvalue weighted by atomic mass is 32.2. The van der Waals surface area contributed by atoms with Crippen LogP contribution in [0.2, 0.25) is 0 Å². The van der Waals surface area contributed by atoms with Gasteiger partial charge in [-0.25, -0.2) is 4.98 Å². The molecule has 1 aromatic rings. The number of nitrogens with one attached hydrogen (secondary N) is 1. The maximum absolute atomic E-state index is 12.6. The van der Waals surface area contributed by atoms with E-state index in [4.69, 9.17) is 5.26 Å². The predicted octanol–water partition coefficient (Wildman–Crippen LogP) is 1.16. The lowest BCUT2D eigenvalue weighted by Gasteiger charge is -2.13. The Morgan fingerprint density at radius 3 is 3.19 bits per heavy atom. The lowest BCUT2D eigenvalue weighted by atomic mass is 10.3. The number of hydrogen-bond acceptors (Lipinski definition) is 3. The number of hydrogen-bond donors (Lipinski definition) is 2. The fourth-order valence-corrected chi connectivity index (χ4v) is 3.60. The smallest absolute Gasteiger partial charge is 0.212 e. The van der Waals surface area contributed by atoms with Crippen LogP contribution in [0.15, 0.2) is 23.3 Å². The summed E-state index contributed by atoms with van der Waals surface area (Å²) in [6.45, 7) is 0.862. The Bertz CT molecular complexity index is 437. The number of nitriles is 1. The molecule has 0 amide bonds. The van der Waals surface area contributed by atoms with Crippen molar-refractivity contribution in [2.45, 2.75) is 5.75 Å². The number of aromatic nitrogens is 1. The molecule has 1 N–H and O–H groups in total. The molecule has 1 fully saturated rings. The lowest BCUT2D eigenvalue weighted by molar-refractivity contribution is 0.583. The van der Waals surface area contributed by atoms with Gasteiger partial charge in [-0.15, -0.1) is 0 Å². The van der Waals surface area contributed by atoms with E-state index in [1.54, 1.807) is 18.5 Å². The van der Waals surface area contributed by atoms with Crippen LogP contribution < -0.4 is 5.32 Å². The molecule has 1 aliphatic heterocycles. The molecule has 0 bridgehead atoms. The van der Waals surface area contributed by atoms with Gasteiger partial charge in [0.2, 0.25) is 12.1 Å². The molecule has 0 radical (unpaired) electrons. The molecule has 2 rings (SSSR count). The Balaban J connectivity index is 2.07. The van der Waals surface area contributed by atoms with Crippen LogP contribution in [0.4, 0.5) is 4.39 Å². The maximum Gasteiger partial charge on any atom is 0.212 e. The molecule has 1 aliphatic rings. The molecule has 0 aliphatic carbocycles. The number of amidine groups is 1. The van der Waals surface area contributed by atoms with Crippen LogP contribution in [-0.4, -0.2) is 22.4 Å². The first-order valence-electron chi connectivity index (χ1n) is 4.85. The third kappa shape index (κ3) is 2.49. The third-order valence-corrected chi connectivity index (χ3v) is 4.65. The van der Waals surface area contributed by atoms with E-state index in [-0.39, 0.29) is 0 Å². The van der Waals surface area contributed by atoms with Gasteiger partial charge in [0.1, 0.15) is 0 Å². The van der Waals surface area contributed by atoms with Crippen LogP contribution >= 0.6 is 10.9 Å². The van der Waals surface area contributed by atoms with Gasteiger partial charge >= 0.3 is 0 Å². The van der Waals surface area contributed by atoms with Gasteiger partial charge in [0.15, 0.2) is 5.17 Å². The summed E-state index contributed by atoms with van der Waals surface area (Å²) in [6.07, 6.45) is 3.34. The summed E-state index contributed by atoms with van der Waals surface area (Å²) in [5, 5.41) is 12.4. The zero-order valence-electron chi connectivity index (χ0n) is 8.52. The largest absolute Gasteiger partial charge is 0.365 e. The number of rotatable bonds is 2. The van der Waals surface area contributed by atoms with Crippen LogP contribution in [0.25, 0.3) is 0 Å². The molecule has 4 nitrogen and oxygen atoms in total. The molecule has 16 heavy (non-hydrogen) atoms. The predicted molar refractivity (Wildman–Crippen MR) is 62.8 cm³/mol. The summed E-state index contributed by atoms with van der Waals surface area (Å²) in [4.78, 5) is 7.37. The minimum atomic E-state index is -0.466. The SMILES string of the molecule is N#CN=C1NCC[SH]1Cc1ccc(F)nc1. The van der Waals surface area contributed by atoms with Crippen molar-refractivity contribution in [3.8, 4) is 6.19 Å². The van der Waals surface area contributed by atoms with E-state index in [0.717, 1.165) is 28.8 Å². The molecule has 1 unspecified atom stereocenters. The van der Waals surface area contributed by atoms with Crippen molar-refractivity contribution in [1.82, 2.24) is 10.3 Å². The monoisotopic (exact) mass is 238 g/mol. The van der Waals surface area contributed by atoms with Gasteiger partial charge in [0.25, 0.3) is 0 Å². The summed E-state index contributed by atoms with van der Waals surface area (Å²) in [6, 6.07) is 3.09. The van der Waals surface area contributed by atoms with Gasteiger partial charge in [-0.3, -0.25) is 0 Å². The summed E-state index contributed by atoms with van der Waals surface area (Å²) in [5.41, 5.74) is 0.988. The molecule has 0 saturated carbocycles. The Morgan fingerprint density at radius 2 is 2.50 bits per heavy atom. The van der Waals surface area contributed by atoms with E-state index in [0.29, 0.717) is 0 Å². The van der Waals surface area contributed by atoms with E-state index in [9.17, 15) is 4.39 Å². The Kier molecular flexibility index (Phi) is 3.37. The molecule has 2 heterocycles. The topological polar surface area (TPSA) is 61.1 Å². The second-order valence-corrected chi connectivity index (χ2v) is 5.64. The number of halogens is 1. The van der Waals surface area contributed by atoms with E-state index in [2.05, 4.69) is 15.3 Å². The number of aliphatic imine (C=N–C) groups is 1. The van der Waals surface area contributed by atoms with E-state index < -0.39 is 16.8 Å². The molecule has 0 aromatic carbocycles. The maximum atomic E-state index is 12.6. The van der Waals surface area contributed by atoms with Gasteiger partial charge < -0.3 is 5.32 Å². The molecule has 0 spiro atoms. The molecular formula is C10H11FN4S. The standard InChI is InChI=1S/C10H11FN4S/c11-9-2-1-8(5-14-9)6-16-4-3-13-10(16)15-7-12/h1-2,5,16H,3-4,6H2,(H,13,15). The van der Waals surface area contributed by atoms with Crippen LogP contribution in [-0.2, 0) is 5.75 Å². The third-order valence-electron chi connectivity index (χ3n) is 2.28. The van der Waals surface area contributed by atoms with E-state index in [1.165, 1.54) is 6.07 Å². The highest BCUT2D eigenvalue weighted by Crippen LogP contribution is 2.33. The Hall–Kier alpha value is -1.61. The van der Waals surface area contributed by atoms with Crippen molar-refractivity contribution in [1.29, 1.82) is 5.26 Å². The highest BCUT2D eigenvalue weighted by molar-refractivity contribution is 8.29. The molecule has 1 saturated heterocycles. The van der Waals surface area contributed by atoms with Crippen LogP contribution in [0.3, 0.4) is 0 Å². The zero-order valence-corrected chi connectivity index (χ0v) is 9.41. The van der Waals surface area contributed by atoms with E-state index >= 15 is 0 Å². The number of thiol groups is 1. The fraction of sp³-hybridized carbons (Fsp3) is 0.300. The Labute approximate surface area is 95.6 Å². The molecule has 1 atom stereocenters. The second kappa shape index (κ2) is 4.94. The van der Waals surface area contributed by atoms with E-state index in [1.807, 2.05) is 0 Å². The first kappa shape index (κ1) is 10.9. The van der Waals surface area contributed by atoms with Crippen molar-refractivity contribution in [2.24, 2.45) is 4.99 Å². The Morgan fingerprint density at radius 1 is 1.62 bits per heavy atom. The summed E-state index contributed by atoms with van der Waals surface area (Å²) in [7, 11) is -0.446. The van der Waals surface area contributed by atoms with Gasteiger partial charge in [-0.2, -0.15) is 25.5 Å². The summed E-state index contributed by atoms with van der Waals surface area (Å²) < 4.78 is 12.6. The average molecular weight is 238 g/mol. The van der Waals surface area contributed by atoms with Gasteiger partial charge in [-0.05, 0) is 17.4 Å². The van der Waals surface area contributed by atoms with Crippen molar-refractivity contribution in [2.75, 3.05) is 12.3 Å². The number of nitrogens with zero attached hydrogens (tertiary/aromatic N) is 3. The highest BCUT2D eigenvalue weighted by Gasteiger charge is 2.18. The minimum absolute atomic E-state index is 0.446. The fourth-order valence-electron chi connectivity index (χ4n) is 1.55. The summed E-state index contributed by atoms with van der Waals surface area (Å²) >= 11 is 0. The molecule has 6 heteroatoms. The quantitative estimate of drug-likeness (QED) is 0.462. The van der Waals surface area contributed by atoms with Crippen molar-refractivity contribution in [3.05, 3.63) is 29.8 Å². The lowest BCUT2D eigenvalue weighted by Crippen LogP contribution is -2.14. The van der Waals surface area contributed by atoms with Gasteiger partial charge in [-0.1, -0.05) is 6.07 Å². The van der Waals surface area contributed by atoms with Crippen molar-refractivity contribution < 1.29 is 4.39 Å². The van der Waals surface area contributed by atoms with Gasteiger partial charge in [0.05, 0.1) is 0 Å².